The van der Waals surface area contributed by atoms with E-state index in [2.05, 4.69) is 30.0 Å². The lowest BCUT2D eigenvalue weighted by Gasteiger charge is -2.35. The van der Waals surface area contributed by atoms with E-state index in [1.54, 1.807) is 6.07 Å². The highest BCUT2D eigenvalue weighted by Gasteiger charge is 2.27. The minimum atomic E-state index is -0.477. The van der Waals surface area contributed by atoms with Gasteiger partial charge >= 0.3 is 0 Å². The van der Waals surface area contributed by atoms with Crippen molar-refractivity contribution in [1.82, 2.24) is 16.2 Å². The molecule has 1 fully saturated rings. The fourth-order valence-corrected chi connectivity index (χ4v) is 3.31. The predicted octanol–water partition coefficient (Wildman–Crippen LogP) is 3.17. The zero-order valence-corrected chi connectivity index (χ0v) is 16.2. The van der Waals surface area contributed by atoms with Crippen molar-refractivity contribution >= 4 is 29.3 Å². The minimum Gasteiger partial charge on any atom is -0.494 e. The Morgan fingerprint density at radius 3 is 2.77 bits per heavy atom. The summed E-state index contributed by atoms with van der Waals surface area (Å²) in [5, 5.41) is 3.66. The summed E-state index contributed by atoms with van der Waals surface area (Å²) in [6.07, 6.45) is 6.32. The Kier molecular flexibility index (Phi) is 7.38. The normalized spacial score (nSPS) is 22.7. The number of hydrogen-bond donors (Lipinski definition) is 3. The molecule has 3 N–H and O–H groups in total. The first kappa shape index (κ1) is 20.2. The number of amides is 1. The van der Waals surface area contributed by atoms with Crippen LogP contribution in [0.2, 0.25) is 0 Å². The lowest BCUT2D eigenvalue weighted by molar-refractivity contribution is -0.116. The van der Waals surface area contributed by atoms with Crippen LogP contribution >= 0.6 is 12.2 Å². The molecule has 0 saturated heterocycles. The van der Waals surface area contributed by atoms with E-state index in [9.17, 15) is 9.18 Å². The maximum atomic E-state index is 13.6. The largest absolute Gasteiger partial charge is 0.494 e. The van der Waals surface area contributed by atoms with Gasteiger partial charge in [-0.1, -0.05) is 32.8 Å². The molecule has 0 bridgehead atoms. The van der Waals surface area contributed by atoms with Gasteiger partial charge in [0.25, 0.3) is 5.91 Å². The molecule has 0 spiro atoms. The van der Waals surface area contributed by atoms with Gasteiger partial charge < -0.3 is 10.1 Å². The Morgan fingerprint density at radius 2 is 2.08 bits per heavy atom. The van der Waals surface area contributed by atoms with Crippen LogP contribution in [0.5, 0.6) is 5.75 Å². The van der Waals surface area contributed by atoms with Crippen molar-refractivity contribution in [3.63, 3.8) is 0 Å². The minimum absolute atomic E-state index is 0.163. The molecule has 1 aliphatic carbocycles. The van der Waals surface area contributed by atoms with E-state index in [-0.39, 0.29) is 11.7 Å². The number of thiocarbonyl (C=S) groups is 1. The summed E-state index contributed by atoms with van der Waals surface area (Å²) < 4.78 is 18.5. The molecule has 0 radical (unpaired) electrons. The number of methoxy groups -OCH3 is 1. The average Bonchev–Trinajstić information content (AvgIpc) is 2.62. The van der Waals surface area contributed by atoms with Gasteiger partial charge in [0.05, 0.1) is 7.11 Å². The molecule has 0 unspecified atom stereocenters. The molecule has 0 aromatic heterocycles. The number of rotatable bonds is 4. The Bertz CT molecular complexity index is 681. The molecule has 2 rings (SSSR count). The van der Waals surface area contributed by atoms with E-state index >= 15 is 0 Å². The van der Waals surface area contributed by atoms with E-state index in [4.69, 9.17) is 17.0 Å². The van der Waals surface area contributed by atoms with E-state index in [1.807, 2.05) is 0 Å². The number of hydrazine groups is 1. The van der Waals surface area contributed by atoms with Crippen molar-refractivity contribution in [3.05, 3.63) is 35.7 Å². The molecule has 1 aromatic carbocycles. The maximum absolute atomic E-state index is 13.6. The summed E-state index contributed by atoms with van der Waals surface area (Å²) in [7, 11) is 1.40. The van der Waals surface area contributed by atoms with Crippen LogP contribution in [0.3, 0.4) is 0 Å². The van der Waals surface area contributed by atoms with Gasteiger partial charge in [0.2, 0.25) is 0 Å². The van der Waals surface area contributed by atoms with Crippen molar-refractivity contribution in [1.29, 1.82) is 0 Å². The van der Waals surface area contributed by atoms with Crippen molar-refractivity contribution in [3.8, 4) is 5.75 Å². The molecule has 0 heterocycles. The van der Waals surface area contributed by atoms with Crippen LogP contribution in [0.25, 0.3) is 6.08 Å². The smallest absolute Gasteiger partial charge is 0.262 e. The third-order valence-electron chi connectivity index (χ3n) is 4.93. The monoisotopic (exact) mass is 379 g/mol. The first-order valence-corrected chi connectivity index (χ1v) is 9.19. The molecule has 1 aromatic rings. The highest BCUT2D eigenvalue weighted by molar-refractivity contribution is 7.80. The first-order valence-electron chi connectivity index (χ1n) is 8.78. The van der Waals surface area contributed by atoms with E-state index in [1.165, 1.54) is 44.2 Å². The average molecular weight is 380 g/mol. The molecule has 1 saturated carbocycles. The SMILES string of the molecule is COc1ccc(/C=C/C(=O)NNC(=S)N[C@H]2CCC[C@H](C)[C@H]2C)cc1F. The van der Waals surface area contributed by atoms with Crippen LogP contribution in [0.4, 0.5) is 4.39 Å². The van der Waals surface area contributed by atoms with Crippen LogP contribution in [-0.2, 0) is 4.79 Å². The summed E-state index contributed by atoms with van der Waals surface area (Å²) in [6.45, 7) is 4.48. The quantitative estimate of drug-likeness (QED) is 0.426. The summed E-state index contributed by atoms with van der Waals surface area (Å²) >= 11 is 5.24. The van der Waals surface area contributed by atoms with Crippen LogP contribution < -0.4 is 20.9 Å². The third-order valence-corrected chi connectivity index (χ3v) is 5.15. The van der Waals surface area contributed by atoms with E-state index < -0.39 is 5.82 Å². The third kappa shape index (κ3) is 5.69. The second-order valence-corrected chi connectivity index (χ2v) is 7.10. The number of carbonyl (C=O) groups excluding carboxylic acids is 1. The first-order chi connectivity index (χ1) is 12.4. The molecule has 1 amide bonds. The lowest BCUT2D eigenvalue weighted by atomic mass is 9.78. The number of ether oxygens (including phenoxy) is 1. The highest BCUT2D eigenvalue weighted by Crippen LogP contribution is 2.29. The second kappa shape index (κ2) is 9.52. The van der Waals surface area contributed by atoms with Gasteiger partial charge in [-0.05, 0) is 54.2 Å². The number of hydrogen-bond acceptors (Lipinski definition) is 3. The van der Waals surface area contributed by atoms with Gasteiger partial charge in [-0.15, -0.1) is 0 Å². The van der Waals surface area contributed by atoms with E-state index in [0.717, 1.165) is 6.42 Å². The fraction of sp³-hybridized carbons (Fsp3) is 0.474. The lowest BCUT2D eigenvalue weighted by Crippen LogP contribution is -2.52. The Labute approximate surface area is 159 Å². The predicted molar refractivity (Wildman–Crippen MR) is 105 cm³/mol. The van der Waals surface area contributed by atoms with Gasteiger partial charge in [-0.2, -0.15) is 0 Å². The Balaban J connectivity index is 1.79. The zero-order chi connectivity index (χ0) is 19.1. The summed E-state index contributed by atoms with van der Waals surface area (Å²) in [5.74, 6) is 0.497. The van der Waals surface area contributed by atoms with Crippen LogP contribution in [0, 0.1) is 17.7 Å². The molecule has 142 valence electrons. The molecule has 26 heavy (non-hydrogen) atoms. The molecule has 1 aliphatic rings. The van der Waals surface area contributed by atoms with E-state index in [0.29, 0.717) is 28.6 Å². The highest BCUT2D eigenvalue weighted by atomic mass is 32.1. The number of nitrogens with one attached hydrogen (secondary N) is 3. The zero-order valence-electron chi connectivity index (χ0n) is 15.3. The number of halogens is 1. The summed E-state index contributed by atoms with van der Waals surface area (Å²) in [4.78, 5) is 11.9. The van der Waals surface area contributed by atoms with Crippen molar-refractivity contribution in [2.24, 2.45) is 11.8 Å². The van der Waals surface area contributed by atoms with Crippen LogP contribution in [0.15, 0.2) is 24.3 Å². The van der Waals surface area contributed by atoms with Gasteiger partial charge in [0.1, 0.15) is 0 Å². The maximum Gasteiger partial charge on any atom is 0.262 e. The van der Waals surface area contributed by atoms with Gasteiger partial charge in [0.15, 0.2) is 16.7 Å². The summed E-state index contributed by atoms with van der Waals surface area (Å²) in [6, 6.07) is 4.79. The van der Waals surface area contributed by atoms with Crippen molar-refractivity contribution in [2.45, 2.75) is 39.2 Å². The molecule has 3 atom stereocenters. The van der Waals surface area contributed by atoms with Gasteiger partial charge in [-0.3, -0.25) is 15.6 Å². The molecule has 5 nitrogen and oxygen atoms in total. The fourth-order valence-electron chi connectivity index (χ4n) is 3.11. The molecular weight excluding hydrogens is 353 g/mol. The number of benzene rings is 1. The Morgan fingerprint density at radius 1 is 1.31 bits per heavy atom. The van der Waals surface area contributed by atoms with Gasteiger partial charge in [0, 0.05) is 12.1 Å². The second-order valence-electron chi connectivity index (χ2n) is 6.69. The molecular formula is C19H26FN3O2S. The van der Waals surface area contributed by atoms with Crippen molar-refractivity contribution < 1.29 is 13.9 Å². The summed E-state index contributed by atoms with van der Waals surface area (Å²) in [5.41, 5.74) is 5.77. The van der Waals surface area contributed by atoms with Crippen LogP contribution in [-0.4, -0.2) is 24.2 Å². The number of carbonyl (C=O) groups is 1. The van der Waals surface area contributed by atoms with Gasteiger partial charge in [-0.25, -0.2) is 4.39 Å². The molecule has 7 heteroatoms. The molecule has 0 aliphatic heterocycles. The van der Waals surface area contributed by atoms with Crippen LogP contribution in [0.1, 0.15) is 38.7 Å². The Hall–Kier alpha value is -2.15. The standard InChI is InChI=1S/C19H26FN3O2S/c1-12-5-4-6-16(13(12)2)21-19(26)23-22-18(24)10-8-14-7-9-17(25-3)15(20)11-14/h7-13,16H,4-6H2,1-3H3,(H,22,24)(H2,21,23,26)/b10-8+/t12-,13+,16-/m0/s1. The van der Waals surface area contributed by atoms with Crippen molar-refractivity contribution in [2.75, 3.05) is 7.11 Å². The topological polar surface area (TPSA) is 62.4 Å².